The summed E-state index contributed by atoms with van der Waals surface area (Å²) in [5.41, 5.74) is 2.17. The Morgan fingerprint density at radius 2 is 1.50 bits per heavy atom. The van der Waals surface area contributed by atoms with Crippen molar-refractivity contribution in [1.29, 1.82) is 0 Å². The molecular formula is C42H64O10. The molecule has 10 nitrogen and oxygen atoms in total. The average molecular weight is 729 g/mol. The molecule has 0 spiro atoms. The number of allylic oxidation sites excluding steroid dienone is 1. The zero-order chi connectivity index (χ0) is 37.5. The van der Waals surface area contributed by atoms with Crippen LogP contribution in [-0.2, 0) is 28.5 Å². The van der Waals surface area contributed by atoms with Crippen LogP contribution in [0.25, 0.3) is 0 Å². The van der Waals surface area contributed by atoms with Gasteiger partial charge >= 0.3 is 11.9 Å². The van der Waals surface area contributed by atoms with E-state index in [1.165, 1.54) is 84.0 Å². The van der Waals surface area contributed by atoms with Gasteiger partial charge in [0.1, 0.15) is 6.10 Å². The Bertz CT molecular complexity index is 1360. The van der Waals surface area contributed by atoms with Crippen molar-refractivity contribution in [2.24, 2.45) is 46.3 Å². The van der Waals surface area contributed by atoms with Gasteiger partial charge in [0.2, 0.25) is 5.75 Å². The standard InChI is InChI=1S/C42H64O10/c1-27(2)10-9-11-28(3)33-14-15-34-32-13-12-30-22-31(16-18-41(30,4)35(32)17-19-42(33,34)5)52-38(43)23-48-40(44)29-20-36(49-24-45-6)39(51-26-47-8)37(21-29)50-25-46-7/h12,20-21,27-28,31-35H,9-11,13-19,22-26H2,1-8H3. The van der Waals surface area contributed by atoms with Crippen LogP contribution in [-0.4, -0.2) is 66.4 Å². The fraction of sp³-hybridized carbons (Fsp3) is 0.762. The van der Waals surface area contributed by atoms with E-state index >= 15 is 0 Å². The van der Waals surface area contributed by atoms with Crippen molar-refractivity contribution < 1.29 is 47.5 Å². The highest BCUT2D eigenvalue weighted by atomic mass is 16.7. The zero-order valence-corrected chi connectivity index (χ0v) is 33.0. The Morgan fingerprint density at radius 3 is 2.15 bits per heavy atom. The molecule has 292 valence electrons. The number of ether oxygens (including phenoxy) is 8. The molecule has 4 aliphatic carbocycles. The molecule has 3 saturated carbocycles. The van der Waals surface area contributed by atoms with Gasteiger partial charge in [0.05, 0.1) is 5.56 Å². The van der Waals surface area contributed by atoms with Crippen LogP contribution in [0.2, 0.25) is 0 Å². The van der Waals surface area contributed by atoms with Crippen molar-refractivity contribution in [2.45, 2.75) is 111 Å². The van der Waals surface area contributed by atoms with Crippen LogP contribution in [0.3, 0.4) is 0 Å². The molecule has 5 rings (SSSR count). The number of carbonyl (C=O) groups excluding carboxylic acids is 2. The maximum absolute atomic E-state index is 13.1. The van der Waals surface area contributed by atoms with Gasteiger partial charge < -0.3 is 37.9 Å². The molecule has 0 amide bonds. The zero-order valence-electron chi connectivity index (χ0n) is 33.0. The topological polar surface area (TPSA) is 108 Å². The van der Waals surface area contributed by atoms with E-state index in [9.17, 15) is 9.59 Å². The molecule has 0 saturated heterocycles. The van der Waals surface area contributed by atoms with Crippen molar-refractivity contribution in [3.8, 4) is 17.2 Å². The summed E-state index contributed by atoms with van der Waals surface area (Å²) in [6, 6.07) is 2.88. The predicted molar refractivity (Wildman–Crippen MR) is 197 cm³/mol. The van der Waals surface area contributed by atoms with Gasteiger partial charge in [-0.15, -0.1) is 0 Å². The summed E-state index contributed by atoms with van der Waals surface area (Å²) < 4.78 is 43.3. The van der Waals surface area contributed by atoms with E-state index in [1.54, 1.807) is 0 Å². The van der Waals surface area contributed by atoms with Crippen LogP contribution in [0.5, 0.6) is 17.2 Å². The highest BCUT2D eigenvalue weighted by Gasteiger charge is 2.59. The Hall–Kier alpha value is -2.82. The maximum atomic E-state index is 13.1. The lowest BCUT2D eigenvalue weighted by molar-refractivity contribution is -0.155. The molecule has 1 aromatic carbocycles. The van der Waals surface area contributed by atoms with Crippen molar-refractivity contribution in [3.05, 3.63) is 29.3 Å². The molecule has 0 aliphatic heterocycles. The Labute approximate surface area is 311 Å². The second-order valence-electron chi connectivity index (χ2n) is 16.7. The molecule has 8 atom stereocenters. The van der Waals surface area contributed by atoms with Crippen LogP contribution in [0, 0.1) is 46.3 Å². The minimum absolute atomic E-state index is 0.0841. The summed E-state index contributed by atoms with van der Waals surface area (Å²) in [6.07, 6.45) is 15.5. The maximum Gasteiger partial charge on any atom is 0.344 e. The highest BCUT2D eigenvalue weighted by molar-refractivity contribution is 5.92. The summed E-state index contributed by atoms with van der Waals surface area (Å²) in [6.45, 7) is 11.6. The van der Waals surface area contributed by atoms with Crippen LogP contribution in [0.15, 0.2) is 23.8 Å². The first-order valence-electron chi connectivity index (χ1n) is 19.5. The van der Waals surface area contributed by atoms with Crippen LogP contribution in [0.4, 0.5) is 0 Å². The van der Waals surface area contributed by atoms with Gasteiger partial charge in [-0.2, -0.15) is 0 Å². The summed E-state index contributed by atoms with van der Waals surface area (Å²) >= 11 is 0. The van der Waals surface area contributed by atoms with Gasteiger partial charge in [-0.1, -0.05) is 65.5 Å². The number of benzene rings is 1. The first-order valence-corrected chi connectivity index (χ1v) is 19.5. The number of rotatable bonds is 18. The molecule has 0 bridgehead atoms. The van der Waals surface area contributed by atoms with Gasteiger partial charge in [0.25, 0.3) is 0 Å². The highest BCUT2D eigenvalue weighted by Crippen LogP contribution is 2.67. The molecule has 1 aromatic rings. The average Bonchev–Trinajstić information content (AvgIpc) is 3.48. The van der Waals surface area contributed by atoms with E-state index in [2.05, 4.69) is 40.7 Å². The van der Waals surface area contributed by atoms with E-state index < -0.39 is 18.5 Å². The molecule has 0 N–H and O–H groups in total. The van der Waals surface area contributed by atoms with Crippen molar-refractivity contribution in [2.75, 3.05) is 48.3 Å². The minimum atomic E-state index is -0.736. The van der Waals surface area contributed by atoms with Crippen LogP contribution in [0.1, 0.15) is 116 Å². The van der Waals surface area contributed by atoms with Crippen LogP contribution >= 0.6 is 0 Å². The Kier molecular flexibility index (Phi) is 14.0. The smallest absolute Gasteiger partial charge is 0.344 e. The van der Waals surface area contributed by atoms with Crippen molar-refractivity contribution in [3.63, 3.8) is 0 Å². The van der Waals surface area contributed by atoms with Crippen molar-refractivity contribution >= 4 is 11.9 Å². The van der Waals surface area contributed by atoms with E-state index in [4.69, 9.17) is 37.9 Å². The van der Waals surface area contributed by atoms with Gasteiger partial charge in [-0.05, 0) is 103 Å². The summed E-state index contributed by atoms with van der Waals surface area (Å²) in [5, 5.41) is 0. The quantitative estimate of drug-likeness (QED) is 0.0827. The first kappa shape index (κ1) is 40.4. The van der Waals surface area contributed by atoms with E-state index in [-0.39, 0.29) is 54.7 Å². The van der Waals surface area contributed by atoms with E-state index in [0.29, 0.717) is 11.3 Å². The van der Waals surface area contributed by atoms with Gasteiger partial charge in [0, 0.05) is 27.8 Å². The Morgan fingerprint density at radius 1 is 0.827 bits per heavy atom. The first-order chi connectivity index (χ1) is 24.9. The minimum Gasteiger partial charge on any atom is -0.463 e. The number of carbonyl (C=O) groups is 2. The lowest BCUT2D eigenvalue weighted by Gasteiger charge is -2.58. The number of hydrogen-bond donors (Lipinski definition) is 0. The SMILES string of the molecule is COCOc1cc(C(=O)OCC(=O)OC2CCC3(C)C(=CCC4C3CCC3(C)C(C(C)CCCC(C)C)CCC43)C2)cc(OCOC)c1OCOC. The third-order valence-electron chi connectivity index (χ3n) is 13.1. The number of hydrogen-bond acceptors (Lipinski definition) is 10. The van der Waals surface area contributed by atoms with E-state index in [1.807, 2.05) is 0 Å². The lowest BCUT2D eigenvalue weighted by Crippen LogP contribution is -2.51. The predicted octanol–water partition coefficient (Wildman–Crippen LogP) is 8.74. The third-order valence-corrected chi connectivity index (χ3v) is 13.1. The normalized spacial score (nSPS) is 30.0. The largest absolute Gasteiger partial charge is 0.463 e. The lowest BCUT2D eigenvalue weighted by atomic mass is 9.47. The third kappa shape index (κ3) is 8.92. The van der Waals surface area contributed by atoms with Gasteiger partial charge in [-0.3, -0.25) is 0 Å². The van der Waals surface area contributed by atoms with E-state index in [0.717, 1.165) is 55.3 Å². The second kappa shape index (κ2) is 18.0. The van der Waals surface area contributed by atoms with Gasteiger partial charge in [-0.25, -0.2) is 9.59 Å². The van der Waals surface area contributed by atoms with Crippen LogP contribution < -0.4 is 14.2 Å². The molecule has 0 heterocycles. The molecule has 4 aliphatic rings. The molecular weight excluding hydrogens is 664 g/mol. The fourth-order valence-corrected chi connectivity index (χ4v) is 10.6. The van der Waals surface area contributed by atoms with Crippen molar-refractivity contribution in [1.82, 2.24) is 0 Å². The molecule has 0 radical (unpaired) electrons. The number of esters is 2. The fourth-order valence-electron chi connectivity index (χ4n) is 10.6. The Balaban J connectivity index is 1.17. The number of fused-ring (bicyclic) bond motifs is 5. The monoisotopic (exact) mass is 728 g/mol. The summed E-state index contributed by atoms with van der Waals surface area (Å²) in [7, 11) is 4.43. The summed E-state index contributed by atoms with van der Waals surface area (Å²) in [5.74, 6) is 3.96. The van der Waals surface area contributed by atoms with Gasteiger partial charge in [0.15, 0.2) is 38.5 Å². The summed E-state index contributed by atoms with van der Waals surface area (Å²) in [4.78, 5) is 26.1. The second-order valence-corrected chi connectivity index (χ2v) is 16.7. The molecule has 52 heavy (non-hydrogen) atoms. The molecule has 10 heteroatoms. The molecule has 3 fully saturated rings. The number of methoxy groups -OCH3 is 3. The molecule has 8 unspecified atom stereocenters. The molecule has 0 aromatic heterocycles.